The summed E-state index contributed by atoms with van der Waals surface area (Å²) in [6.07, 6.45) is 5.48. The number of carbonyl (C=O) groups is 2. The van der Waals surface area contributed by atoms with Gasteiger partial charge in [-0.15, -0.1) is 6.58 Å². The highest BCUT2D eigenvalue weighted by molar-refractivity contribution is 5.78. The van der Waals surface area contributed by atoms with E-state index in [9.17, 15) is 9.59 Å². The van der Waals surface area contributed by atoms with Crippen molar-refractivity contribution in [2.75, 3.05) is 0 Å². The van der Waals surface area contributed by atoms with Gasteiger partial charge in [0.25, 0.3) is 0 Å². The number of Topliss-reactive ketones (excluding diaryl/α,β-unsaturated/α-hetero) is 1. The Hall–Kier alpha value is -1.12. The van der Waals surface area contributed by atoms with E-state index >= 15 is 0 Å². The molecule has 3 nitrogen and oxygen atoms in total. The van der Waals surface area contributed by atoms with Crippen LogP contribution in [0.1, 0.15) is 59.3 Å². The zero-order chi connectivity index (χ0) is 13.3. The average Bonchev–Trinajstić information content (AvgIpc) is 2.19. The van der Waals surface area contributed by atoms with Crippen molar-refractivity contribution in [3.63, 3.8) is 0 Å². The molecule has 0 aliphatic carbocycles. The van der Waals surface area contributed by atoms with E-state index in [0.717, 1.165) is 19.3 Å². The third-order valence-corrected chi connectivity index (χ3v) is 2.13. The Balaban J connectivity index is 3.54. The lowest BCUT2D eigenvalue weighted by molar-refractivity contribution is -0.155. The standard InChI is InChI=1S/C14H24O3/c1-5-6-9-12(15)10-7-8-11-13(16)17-14(2,3)4/h5H,1,6-11H2,2-4H3. The maximum absolute atomic E-state index is 11.4. The molecule has 0 aromatic heterocycles. The first kappa shape index (κ1) is 15.9. The van der Waals surface area contributed by atoms with Gasteiger partial charge < -0.3 is 4.74 Å². The van der Waals surface area contributed by atoms with Crippen molar-refractivity contribution in [2.45, 2.75) is 64.9 Å². The molecule has 0 rings (SSSR count). The first-order valence-corrected chi connectivity index (χ1v) is 6.19. The largest absolute Gasteiger partial charge is 0.460 e. The molecule has 0 spiro atoms. The molecule has 3 heteroatoms. The molecule has 0 saturated heterocycles. The Morgan fingerprint density at radius 2 is 1.71 bits per heavy atom. The van der Waals surface area contributed by atoms with Crippen molar-refractivity contribution in [1.29, 1.82) is 0 Å². The van der Waals surface area contributed by atoms with Gasteiger partial charge in [-0.25, -0.2) is 0 Å². The molecule has 98 valence electrons. The second kappa shape index (κ2) is 8.04. The zero-order valence-electron chi connectivity index (χ0n) is 11.3. The summed E-state index contributed by atoms with van der Waals surface area (Å²) < 4.78 is 5.17. The summed E-state index contributed by atoms with van der Waals surface area (Å²) in [5.41, 5.74) is -0.420. The molecule has 0 aliphatic rings. The highest BCUT2D eigenvalue weighted by atomic mass is 16.6. The predicted octanol–water partition coefficient (Wildman–Crippen LogP) is 3.42. The van der Waals surface area contributed by atoms with Crippen LogP contribution in [0.2, 0.25) is 0 Å². The van der Waals surface area contributed by atoms with E-state index in [1.54, 1.807) is 6.08 Å². The summed E-state index contributed by atoms with van der Waals surface area (Å²) >= 11 is 0. The lowest BCUT2D eigenvalue weighted by atomic mass is 10.1. The van der Waals surface area contributed by atoms with Crippen LogP contribution in [0.5, 0.6) is 0 Å². The van der Waals surface area contributed by atoms with Crippen molar-refractivity contribution in [2.24, 2.45) is 0 Å². The molecule has 0 unspecified atom stereocenters. The summed E-state index contributed by atoms with van der Waals surface area (Å²) in [5.74, 6) is 0.0603. The Kier molecular flexibility index (Phi) is 7.51. The van der Waals surface area contributed by atoms with E-state index in [2.05, 4.69) is 6.58 Å². The second-order valence-corrected chi connectivity index (χ2v) is 5.16. The third kappa shape index (κ3) is 11.1. The van der Waals surface area contributed by atoms with Gasteiger partial charge in [0.1, 0.15) is 11.4 Å². The van der Waals surface area contributed by atoms with Gasteiger partial charge in [-0.1, -0.05) is 6.08 Å². The summed E-state index contributed by atoms with van der Waals surface area (Å²) in [6, 6.07) is 0. The molecule has 0 fully saturated rings. The van der Waals surface area contributed by atoms with E-state index in [1.807, 2.05) is 20.8 Å². The Labute approximate surface area is 104 Å². The summed E-state index contributed by atoms with van der Waals surface area (Å²) in [7, 11) is 0. The van der Waals surface area contributed by atoms with Crippen LogP contribution in [-0.2, 0) is 14.3 Å². The van der Waals surface area contributed by atoms with Crippen LogP contribution in [0.3, 0.4) is 0 Å². The molecule has 0 atom stereocenters. The number of ether oxygens (including phenoxy) is 1. The van der Waals surface area contributed by atoms with E-state index < -0.39 is 5.60 Å². The van der Waals surface area contributed by atoms with Crippen molar-refractivity contribution in [3.05, 3.63) is 12.7 Å². The first-order valence-electron chi connectivity index (χ1n) is 6.19. The summed E-state index contributed by atoms with van der Waals surface area (Å²) in [5, 5.41) is 0. The number of esters is 1. The fourth-order valence-corrected chi connectivity index (χ4v) is 1.37. The summed E-state index contributed by atoms with van der Waals surface area (Å²) in [4.78, 5) is 22.7. The van der Waals surface area contributed by atoms with E-state index in [4.69, 9.17) is 4.74 Å². The van der Waals surface area contributed by atoms with Crippen LogP contribution >= 0.6 is 0 Å². The SMILES string of the molecule is C=CCCC(=O)CCCCC(=O)OC(C)(C)C. The molecule has 0 amide bonds. The van der Waals surface area contributed by atoms with Crippen LogP contribution in [-0.4, -0.2) is 17.4 Å². The molecule has 0 aromatic rings. The van der Waals surface area contributed by atoms with Crippen LogP contribution in [0.25, 0.3) is 0 Å². The lowest BCUT2D eigenvalue weighted by Crippen LogP contribution is -2.23. The molecular formula is C14H24O3. The number of rotatable bonds is 8. The maximum Gasteiger partial charge on any atom is 0.306 e. The number of ketones is 1. The third-order valence-electron chi connectivity index (χ3n) is 2.13. The normalized spacial score (nSPS) is 11.0. The minimum Gasteiger partial charge on any atom is -0.460 e. The minimum atomic E-state index is -0.420. The fraction of sp³-hybridized carbons (Fsp3) is 0.714. The smallest absolute Gasteiger partial charge is 0.306 e. The van der Waals surface area contributed by atoms with Crippen LogP contribution in [0.4, 0.5) is 0 Å². The van der Waals surface area contributed by atoms with Gasteiger partial charge in [0.15, 0.2) is 0 Å². The monoisotopic (exact) mass is 240 g/mol. The maximum atomic E-state index is 11.4. The van der Waals surface area contributed by atoms with Gasteiger partial charge in [0, 0.05) is 19.3 Å². The Bertz CT molecular complexity index is 261. The van der Waals surface area contributed by atoms with Gasteiger partial charge in [-0.2, -0.15) is 0 Å². The molecule has 0 bridgehead atoms. The number of hydrogen-bond donors (Lipinski definition) is 0. The van der Waals surface area contributed by atoms with Gasteiger partial charge in [-0.05, 0) is 40.0 Å². The highest BCUT2D eigenvalue weighted by Gasteiger charge is 2.15. The second-order valence-electron chi connectivity index (χ2n) is 5.16. The van der Waals surface area contributed by atoms with Gasteiger partial charge in [0.2, 0.25) is 0 Å². The van der Waals surface area contributed by atoms with E-state index in [0.29, 0.717) is 19.3 Å². The Morgan fingerprint density at radius 3 is 2.24 bits per heavy atom. The van der Waals surface area contributed by atoms with Gasteiger partial charge in [0.05, 0.1) is 0 Å². The van der Waals surface area contributed by atoms with Crippen molar-refractivity contribution in [3.8, 4) is 0 Å². The van der Waals surface area contributed by atoms with Gasteiger partial charge in [-0.3, -0.25) is 9.59 Å². The highest BCUT2D eigenvalue weighted by Crippen LogP contribution is 2.11. The molecule has 0 saturated carbocycles. The van der Waals surface area contributed by atoms with Crippen LogP contribution in [0.15, 0.2) is 12.7 Å². The molecule has 0 N–H and O–H groups in total. The van der Waals surface area contributed by atoms with Crippen molar-refractivity contribution in [1.82, 2.24) is 0 Å². The Morgan fingerprint density at radius 1 is 1.12 bits per heavy atom. The zero-order valence-corrected chi connectivity index (χ0v) is 11.3. The molecular weight excluding hydrogens is 216 g/mol. The van der Waals surface area contributed by atoms with Crippen molar-refractivity contribution < 1.29 is 14.3 Å². The molecule has 17 heavy (non-hydrogen) atoms. The van der Waals surface area contributed by atoms with E-state index in [-0.39, 0.29) is 11.8 Å². The van der Waals surface area contributed by atoms with Crippen LogP contribution in [0, 0.1) is 0 Å². The quantitative estimate of drug-likeness (QED) is 0.371. The van der Waals surface area contributed by atoms with E-state index in [1.165, 1.54) is 0 Å². The average molecular weight is 240 g/mol. The molecule has 0 aromatic carbocycles. The minimum absolute atomic E-state index is 0.184. The lowest BCUT2D eigenvalue weighted by Gasteiger charge is -2.19. The van der Waals surface area contributed by atoms with Crippen molar-refractivity contribution >= 4 is 11.8 Å². The molecule has 0 aliphatic heterocycles. The number of hydrogen-bond acceptors (Lipinski definition) is 3. The van der Waals surface area contributed by atoms with Crippen LogP contribution < -0.4 is 0 Å². The molecule has 0 radical (unpaired) electrons. The fourth-order valence-electron chi connectivity index (χ4n) is 1.37. The molecule has 0 heterocycles. The number of allylic oxidation sites excluding steroid dienone is 1. The van der Waals surface area contributed by atoms with Gasteiger partial charge >= 0.3 is 5.97 Å². The number of carbonyl (C=O) groups excluding carboxylic acids is 2. The predicted molar refractivity (Wildman–Crippen MR) is 68.8 cm³/mol. The first-order chi connectivity index (χ1) is 7.85. The topological polar surface area (TPSA) is 43.4 Å². The number of unbranched alkanes of at least 4 members (excludes halogenated alkanes) is 1. The summed E-state index contributed by atoms with van der Waals surface area (Å²) in [6.45, 7) is 9.13.